The molecule has 0 radical (unpaired) electrons. The molecule has 2 amide bonds. The topological polar surface area (TPSA) is 78.7 Å². The van der Waals surface area contributed by atoms with Gasteiger partial charge in [-0.1, -0.05) is 26.0 Å². The summed E-state index contributed by atoms with van der Waals surface area (Å²) in [6.45, 7) is 8.62. The molecule has 33 heavy (non-hydrogen) atoms. The summed E-state index contributed by atoms with van der Waals surface area (Å²) in [6.07, 6.45) is 3.45. The highest BCUT2D eigenvalue weighted by molar-refractivity contribution is 5.89. The third kappa shape index (κ3) is 5.00. The Morgan fingerprint density at radius 3 is 2.18 bits per heavy atom. The molecular weight excluding hydrogens is 412 g/mol. The van der Waals surface area contributed by atoms with Crippen LogP contribution in [-0.2, 0) is 9.59 Å². The maximum absolute atomic E-state index is 12.6. The van der Waals surface area contributed by atoms with E-state index in [0.29, 0.717) is 0 Å². The minimum absolute atomic E-state index is 0.00334. The Hall–Kier alpha value is -3.02. The predicted octanol–water partition coefficient (Wildman–Crippen LogP) is 4.84. The van der Waals surface area contributed by atoms with E-state index in [1.54, 1.807) is 0 Å². The minimum Gasteiger partial charge on any atom is -0.372 e. The Bertz CT molecular complexity index is 965. The van der Waals surface area contributed by atoms with Gasteiger partial charge in [0.1, 0.15) is 0 Å². The first-order valence-electron chi connectivity index (χ1n) is 12.2. The van der Waals surface area contributed by atoms with Gasteiger partial charge < -0.3 is 20.9 Å². The number of carbonyl (C=O) groups is 2. The Kier molecular flexibility index (Phi) is 6.91. The number of hydrogen-bond donors (Lipinski definition) is 2. The van der Waals surface area contributed by atoms with Crippen LogP contribution in [0.2, 0.25) is 0 Å². The molecule has 2 aliphatic heterocycles. The van der Waals surface area contributed by atoms with Crippen molar-refractivity contribution in [2.45, 2.75) is 58.5 Å². The van der Waals surface area contributed by atoms with Crippen LogP contribution in [0.4, 0.5) is 17.1 Å². The number of hydrogen-bond acceptors (Lipinski definition) is 4. The zero-order valence-electron chi connectivity index (χ0n) is 20.0. The maximum atomic E-state index is 12.6. The normalized spacial score (nSPS) is 22.5. The van der Waals surface area contributed by atoms with E-state index in [-0.39, 0.29) is 30.3 Å². The standard InChI is InChI=1S/C27H36N4O2/c1-4-25-24(27(28)33)17-26(32)31(25)19(3)20-5-7-21(8-6-20)29-22-9-11-23(12-10-22)30-15-13-18(2)14-16-30/h5-12,18-19,24-25,29H,4,13-17H2,1-3H3,(H2,28,33). The summed E-state index contributed by atoms with van der Waals surface area (Å²) in [5, 5.41) is 3.47. The zero-order valence-corrected chi connectivity index (χ0v) is 20.0. The number of carbonyl (C=O) groups excluding carboxylic acids is 2. The summed E-state index contributed by atoms with van der Waals surface area (Å²) < 4.78 is 0. The molecule has 2 heterocycles. The van der Waals surface area contributed by atoms with E-state index in [1.165, 1.54) is 18.5 Å². The van der Waals surface area contributed by atoms with Crippen LogP contribution in [0.3, 0.4) is 0 Å². The summed E-state index contributed by atoms with van der Waals surface area (Å²) in [4.78, 5) is 28.7. The molecule has 6 heteroatoms. The minimum atomic E-state index is -0.401. The molecule has 0 bridgehead atoms. The molecular formula is C27H36N4O2. The van der Waals surface area contributed by atoms with Crippen LogP contribution in [0.5, 0.6) is 0 Å². The molecule has 2 aliphatic rings. The number of nitrogens with two attached hydrogens (primary N) is 1. The number of likely N-dealkylation sites (tertiary alicyclic amines) is 1. The van der Waals surface area contributed by atoms with Gasteiger partial charge in [-0.05, 0) is 74.1 Å². The SMILES string of the molecule is CCC1C(C(N)=O)CC(=O)N1C(C)c1ccc(Nc2ccc(N3CCC(C)CC3)cc2)cc1. The summed E-state index contributed by atoms with van der Waals surface area (Å²) >= 11 is 0. The van der Waals surface area contributed by atoms with Gasteiger partial charge in [-0.15, -0.1) is 0 Å². The lowest BCUT2D eigenvalue weighted by Crippen LogP contribution is -2.40. The molecule has 2 aromatic carbocycles. The highest BCUT2D eigenvalue weighted by Gasteiger charge is 2.43. The number of primary amides is 1. The lowest BCUT2D eigenvalue weighted by Gasteiger charge is -2.32. The van der Waals surface area contributed by atoms with Crippen molar-refractivity contribution in [1.29, 1.82) is 0 Å². The monoisotopic (exact) mass is 448 g/mol. The van der Waals surface area contributed by atoms with E-state index in [1.807, 2.05) is 43.0 Å². The van der Waals surface area contributed by atoms with Crippen LogP contribution in [0, 0.1) is 11.8 Å². The third-order valence-electron chi connectivity index (χ3n) is 7.40. The van der Waals surface area contributed by atoms with Crippen molar-refractivity contribution in [3.8, 4) is 0 Å². The van der Waals surface area contributed by atoms with Crippen molar-refractivity contribution in [3.63, 3.8) is 0 Å². The molecule has 3 unspecified atom stereocenters. The van der Waals surface area contributed by atoms with Crippen LogP contribution < -0.4 is 16.0 Å². The van der Waals surface area contributed by atoms with Gasteiger partial charge in [-0.3, -0.25) is 9.59 Å². The fraction of sp³-hybridized carbons (Fsp3) is 0.481. The van der Waals surface area contributed by atoms with Crippen LogP contribution in [0.25, 0.3) is 0 Å². The van der Waals surface area contributed by atoms with Gasteiger partial charge >= 0.3 is 0 Å². The Labute approximate surface area is 197 Å². The first-order chi connectivity index (χ1) is 15.9. The first-order valence-corrected chi connectivity index (χ1v) is 12.2. The van der Waals surface area contributed by atoms with E-state index >= 15 is 0 Å². The van der Waals surface area contributed by atoms with Crippen LogP contribution in [0.15, 0.2) is 48.5 Å². The van der Waals surface area contributed by atoms with E-state index in [0.717, 1.165) is 42.4 Å². The molecule has 0 saturated carbocycles. The number of nitrogens with one attached hydrogen (secondary N) is 1. The average Bonchev–Trinajstić information content (AvgIpc) is 3.17. The van der Waals surface area contributed by atoms with Crippen LogP contribution >= 0.6 is 0 Å². The van der Waals surface area contributed by atoms with Crippen molar-refractivity contribution in [2.24, 2.45) is 17.6 Å². The van der Waals surface area contributed by atoms with Gasteiger partial charge in [0.05, 0.1) is 12.0 Å². The number of rotatable bonds is 7. The van der Waals surface area contributed by atoms with E-state index in [4.69, 9.17) is 5.73 Å². The van der Waals surface area contributed by atoms with Crippen molar-refractivity contribution < 1.29 is 9.59 Å². The molecule has 3 atom stereocenters. The van der Waals surface area contributed by atoms with Gasteiger partial charge in [0.25, 0.3) is 0 Å². The van der Waals surface area contributed by atoms with Gasteiger partial charge in [0, 0.05) is 42.6 Å². The van der Waals surface area contributed by atoms with Crippen molar-refractivity contribution >= 4 is 28.9 Å². The van der Waals surface area contributed by atoms with Gasteiger partial charge in [0.15, 0.2) is 0 Å². The molecule has 3 N–H and O–H groups in total. The quantitative estimate of drug-likeness (QED) is 0.635. The smallest absolute Gasteiger partial charge is 0.224 e. The second-order valence-electron chi connectivity index (χ2n) is 9.63. The lowest BCUT2D eigenvalue weighted by molar-refractivity contribution is -0.131. The third-order valence-corrected chi connectivity index (χ3v) is 7.40. The van der Waals surface area contributed by atoms with Crippen molar-refractivity contribution in [2.75, 3.05) is 23.3 Å². The second kappa shape index (κ2) is 9.86. The fourth-order valence-corrected chi connectivity index (χ4v) is 5.28. The van der Waals surface area contributed by atoms with Crippen LogP contribution in [-0.4, -0.2) is 35.8 Å². The van der Waals surface area contributed by atoms with Gasteiger partial charge in [-0.25, -0.2) is 0 Å². The van der Waals surface area contributed by atoms with Crippen molar-refractivity contribution in [1.82, 2.24) is 4.90 Å². The van der Waals surface area contributed by atoms with E-state index in [2.05, 4.69) is 41.4 Å². The Balaban J connectivity index is 1.40. The molecule has 0 aromatic heterocycles. The number of benzene rings is 2. The number of anilines is 3. The van der Waals surface area contributed by atoms with E-state index in [9.17, 15) is 9.59 Å². The Morgan fingerprint density at radius 1 is 1.06 bits per heavy atom. The first kappa shape index (κ1) is 23.1. The lowest BCUT2D eigenvalue weighted by atomic mass is 9.96. The largest absolute Gasteiger partial charge is 0.372 e. The number of amides is 2. The van der Waals surface area contributed by atoms with Crippen molar-refractivity contribution in [3.05, 3.63) is 54.1 Å². The summed E-state index contributed by atoms with van der Waals surface area (Å²) in [7, 11) is 0. The van der Waals surface area contributed by atoms with E-state index < -0.39 is 5.92 Å². The maximum Gasteiger partial charge on any atom is 0.224 e. The second-order valence-corrected chi connectivity index (χ2v) is 9.63. The number of nitrogens with zero attached hydrogens (tertiary/aromatic N) is 2. The molecule has 6 nitrogen and oxygen atoms in total. The molecule has 0 spiro atoms. The predicted molar refractivity (Wildman–Crippen MR) is 133 cm³/mol. The van der Waals surface area contributed by atoms with Gasteiger partial charge in [-0.2, -0.15) is 0 Å². The summed E-state index contributed by atoms with van der Waals surface area (Å²) in [6, 6.07) is 16.6. The Morgan fingerprint density at radius 2 is 1.64 bits per heavy atom. The molecule has 176 valence electrons. The summed E-state index contributed by atoms with van der Waals surface area (Å²) in [5.41, 5.74) is 9.93. The molecule has 2 aromatic rings. The number of piperidine rings is 1. The zero-order chi connectivity index (χ0) is 23.5. The molecule has 4 rings (SSSR count). The highest BCUT2D eigenvalue weighted by Crippen LogP contribution is 2.36. The summed E-state index contributed by atoms with van der Waals surface area (Å²) in [5.74, 6) is 0.0463. The van der Waals surface area contributed by atoms with Crippen LogP contribution in [0.1, 0.15) is 58.1 Å². The average molecular weight is 449 g/mol. The fourth-order valence-electron chi connectivity index (χ4n) is 5.28. The molecule has 0 aliphatic carbocycles. The molecule has 2 fully saturated rings. The highest BCUT2D eigenvalue weighted by atomic mass is 16.2. The van der Waals surface area contributed by atoms with Gasteiger partial charge in [0.2, 0.25) is 11.8 Å². The molecule has 2 saturated heterocycles.